The van der Waals surface area contributed by atoms with E-state index in [9.17, 15) is 9.59 Å². The Morgan fingerprint density at radius 1 is 1.17 bits per heavy atom. The average molecular weight is 447 g/mol. The number of nitrogens with zero attached hydrogens (tertiary/aromatic N) is 1. The lowest BCUT2D eigenvalue weighted by Gasteiger charge is -2.29. The van der Waals surface area contributed by atoms with E-state index in [1.54, 1.807) is 29.7 Å². The summed E-state index contributed by atoms with van der Waals surface area (Å²) in [5.74, 6) is 0.510. The molecule has 0 saturated carbocycles. The number of nitrogens with one attached hydrogen (secondary N) is 1. The molecule has 0 radical (unpaired) electrons. The van der Waals surface area contributed by atoms with Crippen molar-refractivity contribution in [1.82, 2.24) is 10.2 Å². The summed E-state index contributed by atoms with van der Waals surface area (Å²) in [6, 6.07) is 15.2. The number of carbonyl (C=O) groups excluding carboxylic acids is 2. The van der Waals surface area contributed by atoms with Crippen LogP contribution in [0.2, 0.25) is 5.02 Å². The van der Waals surface area contributed by atoms with Crippen molar-refractivity contribution in [2.45, 2.75) is 57.5 Å². The fraction of sp³-hybridized carbons (Fsp3) is 0.417. The Bertz CT molecular complexity index is 826. The Labute approximate surface area is 189 Å². The van der Waals surface area contributed by atoms with Crippen molar-refractivity contribution in [3.8, 4) is 0 Å². The zero-order valence-corrected chi connectivity index (χ0v) is 19.6. The molecular formula is C24H31ClN2O2S. The van der Waals surface area contributed by atoms with Crippen molar-refractivity contribution in [2.75, 3.05) is 12.3 Å². The summed E-state index contributed by atoms with van der Waals surface area (Å²) in [5.41, 5.74) is 2.13. The van der Waals surface area contributed by atoms with Gasteiger partial charge in [0.25, 0.3) is 0 Å². The molecule has 0 fully saturated rings. The molecule has 6 heteroatoms. The van der Waals surface area contributed by atoms with Gasteiger partial charge in [0.2, 0.25) is 11.8 Å². The molecule has 2 amide bonds. The smallest absolute Gasteiger partial charge is 0.242 e. The quantitative estimate of drug-likeness (QED) is 0.368. The van der Waals surface area contributed by atoms with Crippen LogP contribution >= 0.6 is 23.4 Å². The number of amides is 2. The van der Waals surface area contributed by atoms with Gasteiger partial charge in [0.15, 0.2) is 0 Å². The lowest BCUT2D eigenvalue weighted by atomic mass is 10.1. The monoisotopic (exact) mass is 446 g/mol. The highest BCUT2D eigenvalue weighted by Crippen LogP contribution is 2.21. The van der Waals surface area contributed by atoms with E-state index in [0.717, 1.165) is 23.3 Å². The van der Waals surface area contributed by atoms with Crippen molar-refractivity contribution >= 4 is 35.2 Å². The second kappa shape index (κ2) is 12.7. The van der Waals surface area contributed by atoms with E-state index in [1.165, 1.54) is 5.56 Å². The molecule has 0 bridgehead atoms. The summed E-state index contributed by atoms with van der Waals surface area (Å²) in [6.45, 7) is 6.91. The molecule has 0 spiro atoms. The van der Waals surface area contributed by atoms with Gasteiger partial charge in [-0.2, -0.15) is 0 Å². The Morgan fingerprint density at radius 2 is 1.90 bits per heavy atom. The van der Waals surface area contributed by atoms with Crippen LogP contribution in [0.4, 0.5) is 0 Å². The van der Waals surface area contributed by atoms with Crippen molar-refractivity contribution in [1.29, 1.82) is 0 Å². The van der Waals surface area contributed by atoms with Crippen LogP contribution in [-0.4, -0.2) is 35.1 Å². The van der Waals surface area contributed by atoms with Gasteiger partial charge in [-0.25, -0.2) is 0 Å². The summed E-state index contributed by atoms with van der Waals surface area (Å²) in [4.78, 5) is 28.5. The van der Waals surface area contributed by atoms with Crippen molar-refractivity contribution in [2.24, 2.45) is 0 Å². The van der Waals surface area contributed by atoms with Crippen LogP contribution in [0, 0.1) is 6.92 Å². The third kappa shape index (κ3) is 8.04. The Balaban J connectivity index is 2.03. The zero-order chi connectivity index (χ0) is 21.9. The van der Waals surface area contributed by atoms with E-state index >= 15 is 0 Å². The SMILES string of the molecule is CCCCNC(=O)[C@H](C)N(Cc1cccc(Cl)c1)C(=O)CCSc1ccc(C)cc1. The molecule has 0 unspecified atom stereocenters. The fourth-order valence-corrected chi connectivity index (χ4v) is 4.04. The molecule has 1 N–H and O–H groups in total. The Kier molecular flexibility index (Phi) is 10.2. The van der Waals surface area contributed by atoms with Crippen LogP contribution in [0.5, 0.6) is 0 Å². The number of benzene rings is 2. The highest BCUT2D eigenvalue weighted by Gasteiger charge is 2.25. The van der Waals surface area contributed by atoms with Crippen molar-refractivity contribution in [3.63, 3.8) is 0 Å². The number of hydrogen-bond acceptors (Lipinski definition) is 3. The Hall–Kier alpha value is -1.98. The first-order valence-corrected chi connectivity index (χ1v) is 11.8. The number of rotatable bonds is 11. The van der Waals surface area contributed by atoms with E-state index in [0.29, 0.717) is 30.3 Å². The van der Waals surface area contributed by atoms with Gasteiger partial charge in [0.1, 0.15) is 6.04 Å². The fourth-order valence-electron chi connectivity index (χ4n) is 2.99. The van der Waals surface area contributed by atoms with Gasteiger partial charge >= 0.3 is 0 Å². The molecular weight excluding hydrogens is 416 g/mol. The van der Waals surface area contributed by atoms with E-state index in [2.05, 4.69) is 43.4 Å². The molecule has 0 aliphatic heterocycles. The minimum atomic E-state index is -0.544. The van der Waals surface area contributed by atoms with Crippen LogP contribution < -0.4 is 5.32 Å². The largest absolute Gasteiger partial charge is 0.354 e. The predicted molar refractivity (Wildman–Crippen MR) is 126 cm³/mol. The summed E-state index contributed by atoms with van der Waals surface area (Å²) >= 11 is 7.76. The maximum atomic E-state index is 13.1. The number of carbonyl (C=O) groups is 2. The minimum Gasteiger partial charge on any atom is -0.354 e. The summed E-state index contributed by atoms with van der Waals surface area (Å²) in [5, 5.41) is 3.56. The first kappa shape index (κ1) is 24.3. The maximum Gasteiger partial charge on any atom is 0.242 e. The number of halogens is 1. The van der Waals surface area contributed by atoms with Gasteiger partial charge in [-0.15, -0.1) is 11.8 Å². The molecule has 1 atom stereocenters. The third-order valence-corrected chi connectivity index (χ3v) is 6.09. The van der Waals surface area contributed by atoms with Crippen LogP contribution in [0.25, 0.3) is 0 Å². The van der Waals surface area contributed by atoms with E-state index in [-0.39, 0.29) is 11.8 Å². The molecule has 0 saturated heterocycles. The molecule has 0 heterocycles. The first-order chi connectivity index (χ1) is 14.4. The van der Waals surface area contributed by atoms with Crippen LogP contribution in [-0.2, 0) is 16.1 Å². The highest BCUT2D eigenvalue weighted by molar-refractivity contribution is 7.99. The first-order valence-electron chi connectivity index (χ1n) is 10.4. The van der Waals surface area contributed by atoms with Gasteiger partial charge in [-0.3, -0.25) is 9.59 Å². The molecule has 30 heavy (non-hydrogen) atoms. The molecule has 0 aliphatic carbocycles. The van der Waals surface area contributed by atoms with Gasteiger partial charge in [0.05, 0.1) is 0 Å². The van der Waals surface area contributed by atoms with Crippen LogP contribution in [0.15, 0.2) is 53.4 Å². The number of unbranched alkanes of at least 4 members (excludes halogenated alkanes) is 1. The number of thioether (sulfide) groups is 1. The molecule has 4 nitrogen and oxygen atoms in total. The number of hydrogen-bond donors (Lipinski definition) is 1. The van der Waals surface area contributed by atoms with E-state index in [4.69, 9.17) is 11.6 Å². The van der Waals surface area contributed by atoms with E-state index in [1.807, 2.05) is 18.2 Å². The molecule has 162 valence electrons. The number of aryl methyl sites for hydroxylation is 1. The molecule has 0 aliphatic rings. The summed E-state index contributed by atoms with van der Waals surface area (Å²) in [7, 11) is 0. The normalized spacial score (nSPS) is 11.7. The van der Waals surface area contributed by atoms with Crippen LogP contribution in [0.1, 0.15) is 44.2 Å². The van der Waals surface area contributed by atoms with Gasteiger partial charge in [-0.05, 0) is 50.1 Å². The molecule has 2 aromatic rings. The van der Waals surface area contributed by atoms with Crippen LogP contribution in [0.3, 0.4) is 0 Å². The highest BCUT2D eigenvalue weighted by atomic mass is 35.5. The lowest BCUT2D eigenvalue weighted by Crippen LogP contribution is -2.47. The van der Waals surface area contributed by atoms with Gasteiger partial charge in [0, 0.05) is 35.2 Å². The average Bonchev–Trinajstić information content (AvgIpc) is 2.73. The minimum absolute atomic E-state index is 0.0345. The molecule has 2 rings (SSSR count). The van der Waals surface area contributed by atoms with E-state index < -0.39 is 6.04 Å². The van der Waals surface area contributed by atoms with Crippen molar-refractivity contribution < 1.29 is 9.59 Å². The van der Waals surface area contributed by atoms with Gasteiger partial charge < -0.3 is 10.2 Å². The summed E-state index contributed by atoms with van der Waals surface area (Å²) in [6.07, 6.45) is 2.30. The third-order valence-electron chi connectivity index (χ3n) is 4.84. The zero-order valence-electron chi connectivity index (χ0n) is 18.0. The van der Waals surface area contributed by atoms with Crippen molar-refractivity contribution in [3.05, 3.63) is 64.7 Å². The molecule has 0 aromatic heterocycles. The second-order valence-electron chi connectivity index (χ2n) is 7.38. The topological polar surface area (TPSA) is 49.4 Å². The maximum absolute atomic E-state index is 13.1. The lowest BCUT2D eigenvalue weighted by molar-refractivity contribution is -0.140. The standard InChI is InChI=1S/C24H31ClN2O2S/c1-4-5-14-26-24(29)19(3)27(17-20-7-6-8-21(25)16-20)23(28)13-15-30-22-11-9-18(2)10-12-22/h6-12,16,19H,4-5,13-15,17H2,1-3H3,(H,26,29)/t19-/m0/s1. The molecule has 2 aromatic carbocycles. The summed E-state index contributed by atoms with van der Waals surface area (Å²) < 4.78 is 0. The second-order valence-corrected chi connectivity index (χ2v) is 8.99. The van der Waals surface area contributed by atoms with Gasteiger partial charge in [-0.1, -0.05) is 54.8 Å². The predicted octanol–water partition coefficient (Wildman–Crippen LogP) is 5.46. The Morgan fingerprint density at radius 3 is 2.57 bits per heavy atom.